The number of anilines is 2. The number of ether oxygens (including phenoxy) is 1. The molecule has 0 aliphatic heterocycles. The summed E-state index contributed by atoms with van der Waals surface area (Å²) in [5.41, 5.74) is 3.99. The van der Waals surface area contributed by atoms with Crippen LogP contribution >= 0.6 is 0 Å². The summed E-state index contributed by atoms with van der Waals surface area (Å²) in [7, 11) is 0. The maximum Gasteiger partial charge on any atom is 0.265 e. The van der Waals surface area contributed by atoms with Crippen LogP contribution in [0.25, 0.3) is 0 Å². The molecule has 3 rings (SSSR count). The molecule has 3 aromatic carbocycles. The molecule has 0 bridgehead atoms. The molecule has 1 unspecified atom stereocenters. The number of benzene rings is 3. The predicted octanol–water partition coefficient (Wildman–Crippen LogP) is 5.78. The van der Waals surface area contributed by atoms with Gasteiger partial charge in [0.25, 0.3) is 11.8 Å². The Morgan fingerprint density at radius 2 is 1.45 bits per heavy atom. The van der Waals surface area contributed by atoms with Gasteiger partial charge in [-0.25, -0.2) is 0 Å². The van der Waals surface area contributed by atoms with Crippen LogP contribution in [0.1, 0.15) is 48.2 Å². The van der Waals surface area contributed by atoms with E-state index in [2.05, 4.69) is 24.5 Å². The van der Waals surface area contributed by atoms with Crippen LogP contribution in [0, 0.1) is 6.92 Å². The summed E-state index contributed by atoms with van der Waals surface area (Å²) < 4.78 is 5.76. The third kappa shape index (κ3) is 6.19. The number of hydrogen-bond acceptors (Lipinski definition) is 3. The number of rotatable bonds is 7. The maximum absolute atomic E-state index is 12.6. The number of aryl methyl sites for hydroxylation is 1. The molecule has 0 radical (unpaired) electrons. The summed E-state index contributed by atoms with van der Waals surface area (Å²) in [6.45, 7) is 7.91. The first-order valence-corrected chi connectivity index (χ1v) is 10.4. The largest absolute Gasteiger partial charge is 0.481 e. The summed E-state index contributed by atoms with van der Waals surface area (Å²) >= 11 is 0. The lowest BCUT2D eigenvalue weighted by Gasteiger charge is -2.16. The molecule has 0 saturated heterocycles. The molecule has 0 fully saturated rings. The molecule has 5 nitrogen and oxygen atoms in total. The average molecular weight is 417 g/mol. The third-order valence-corrected chi connectivity index (χ3v) is 4.90. The van der Waals surface area contributed by atoms with Gasteiger partial charge in [0.15, 0.2) is 6.10 Å². The van der Waals surface area contributed by atoms with Crippen molar-refractivity contribution in [1.82, 2.24) is 0 Å². The predicted molar refractivity (Wildman–Crippen MR) is 125 cm³/mol. The summed E-state index contributed by atoms with van der Waals surface area (Å²) in [4.78, 5) is 25.1. The molecule has 0 aromatic heterocycles. The molecule has 0 aliphatic rings. The van der Waals surface area contributed by atoms with Crippen molar-refractivity contribution in [1.29, 1.82) is 0 Å². The van der Waals surface area contributed by atoms with Gasteiger partial charge < -0.3 is 15.4 Å². The number of amides is 2. The normalized spacial score (nSPS) is 11.6. The summed E-state index contributed by atoms with van der Waals surface area (Å²) in [5, 5.41) is 5.69. The standard InChI is InChI=1S/C26H28N2O3/c1-17(2)20-11-13-24(14-12-20)31-19(4)25(29)27-23-10-6-8-21(16-23)26(30)28-22-9-5-7-18(3)15-22/h5-17,19H,1-4H3,(H,27,29)(H,28,30). The van der Waals surface area contributed by atoms with Crippen LogP contribution in [-0.2, 0) is 4.79 Å². The molecule has 0 aliphatic carbocycles. The van der Waals surface area contributed by atoms with Crippen molar-refractivity contribution in [3.05, 3.63) is 89.5 Å². The lowest BCUT2D eigenvalue weighted by molar-refractivity contribution is -0.122. The van der Waals surface area contributed by atoms with E-state index in [9.17, 15) is 9.59 Å². The van der Waals surface area contributed by atoms with Crippen molar-refractivity contribution in [2.45, 2.75) is 39.7 Å². The molecule has 31 heavy (non-hydrogen) atoms. The van der Waals surface area contributed by atoms with Crippen LogP contribution in [0.4, 0.5) is 11.4 Å². The van der Waals surface area contributed by atoms with Crippen LogP contribution in [0.3, 0.4) is 0 Å². The minimum atomic E-state index is -0.685. The summed E-state index contributed by atoms with van der Waals surface area (Å²) in [5.74, 6) is 0.545. The fourth-order valence-electron chi connectivity index (χ4n) is 3.10. The molecule has 5 heteroatoms. The summed E-state index contributed by atoms with van der Waals surface area (Å²) in [6, 6.07) is 22.2. The van der Waals surface area contributed by atoms with Gasteiger partial charge in [-0.15, -0.1) is 0 Å². The van der Waals surface area contributed by atoms with E-state index in [1.54, 1.807) is 31.2 Å². The lowest BCUT2D eigenvalue weighted by Crippen LogP contribution is -2.30. The first-order chi connectivity index (χ1) is 14.8. The van der Waals surface area contributed by atoms with E-state index in [1.807, 2.05) is 55.5 Å². The molecule has 3 aromatic rings. The van der Waals surface area contributed by atoms with Gasteiger partial charge in [-0.2, -0.15) is 0 Å². The minimum Gasteiger partial charge on any atom is -0.481 e. The zero-order chi connectivity index (χ0) is 22.4. The highest BCUT2D eigenvalue weighted by Crippen LogP contribution is 2.20. The lowest BCUT2D eigenvalue weighted by atomic mass is 10.0. The van der Waals surface area contributed by atoms with E-state index < -0.39 is 6.10 Å². The zero-order valence-corrected chi connectivity index (χ0v) is 18.3. The SMILES string of the molecule is Cc1cccc(NC(=O)c2cccc(NC(=O)C(C)Oc3ccc(C(C)C)cc3)c2)c1. The Labute approximate surface area is 183 Å². The van der Waals surface area contributed by atoms with Crippen LogP contribution in [-0.4, -0.2) is 17.9 Å². The maximum atomic E-state index is 12.6. The minimum absolute atomic E-state index is 0.240. The number of carbonyl (C=O) groups is 2. The number of nitrogens with one attached hydrogen (secondary N) is 2. The van der Waals surface area contributed by atoms with Crippen LogP contribution in [0.2, 0.25) is 0 Å². The molecular formula is C26H28N2O3. The topological polar surface area (TPSA) is 67.4 Å². The van der Waals surface area contributed by atoms with Gasteiger partial charge >= 0.3 is 0 Å². The molecular weight excluding hydrogens is 388 g/mol. The highest BCUT2D eigenvalue weighted by atomic mass is 16.5. The van der Waals surface area contributed by atoms with Gasteiger partial charge in [-0.1, -0.05) is 44.2 Å². The number of carbonyl (C=O) groups excluding carboxylic acids is 2. The van der Waals surface area contributed by atoms with E-state index in [4.69, 9.17) is 4.74 Å². The van der Waals surface area contributed by atoms with Crippen molar-refractivity contribution in [2.24, 2.45) is 0 Å². The highest BCUT2D eigenvalue weighted by molar-refractivity contribution is 6.05. The van der Waals surface area contributed by atoms with Crippen LogP contribution < -0.4 is 15.4 Å². The Bertz CT molecular complexity index is 1060. The van der Waals surface area contributed by atoms with Crippen molar-refractivity contribution in [3.63, 3.8) is 0 Å². The van der Waals surface area contributed by atoms with E-state index in [0.29, 0.717) is 22.9 Å². The Morgan fingerprint density at radius 3 is 2.10 bits per heavy atom. The zero-order valence-electron chi connectivity index (χ0n) is 18.3. The fraction of sp³-hybridized carbons (Fsp3) is 0.231. The van der Waals surface area contributed by atoms with Crippen molar-refractivity contribution in [2.75, 3.05) is 10.6 Å². The first-order valence-electron chi connectivity index (χ1n) is 10.4. The van der Waals surface area contributed by atoms with Gasteiger partial charge in [0.05, 0.1) is 0 Å². The van der Waals surface area contributed by atoms with Gasteiger partial charge in [-0.05, 0) is 73.4 Å². The van der Waals surface area contributed by atoms with E-state index in [-0.39, 0.29) is 11.8 Å². The van der Waals surface area contributed by atoms with Crippen LogP contribution in [0.15, 0.2) is 72.8 Å². The smallest absolute Gasteiger partial charge is 0.265 e. The van der Waals surface area contributed by atoms with Crippen molar-refractivity contribution < 1.29 is 14.3 Å². The van der Waals surface area contributed by atoms with Crippen LogP contribution in [0.5, 0.6) is 5.75 Å². The quantitative estimate of drug-likeness (QED) is 0.513. The second kappa shape index (κ2) is 9.94. The Kier molecular flexibility index (Phi) is 7.08. The van der Waals surface area contributed by atoms with Crippen molar-refractivity contribution >= 4 is 23.2 Å². The Morgan fingerprint density at radius 1 is 0.806 bits per heavy atom. The van der Waals surface area contributed by atoms with E-state index >= 15 is 0 Å². The Balaban J connectivity index is 1.61. The molecule has 1 atom stereocenters. The fourth-order valence-corrected chi connectivity index (χ4v) is 3.10. The van der Waals surface area contributed by atoms with Gasteiger partial charge in [0, 0.05) is 16.9 Å². The second-order valence-corrected chi connectivity index (χ2v) is 7.88. The van der Waals surface area contributed by atoms with Gasteiger partial charge in [-0.3, -0.25) is 9.59 Å². The highest BCUT2D eigenvalue weighted by Gasteiger charge is 2.16. The van der Waals surface area contributed by atoms with Gasteiger partial charge in [0.1, 0.15) is 5.75 Å². The number of hydrogen-bond donors (Lipinski definition) is 2. The monoisotopic (exact) mass is 416 g/mol. The molecule has 2 N–H and O–H groups in total. The molecule has 160 valence electrons. The Hall–Kier alpha value is -3.60. The van der Waals surface area contributed by atoms with Gasteiger partial charge in [0.2, 0.25) is 0 Å². The van der Waals surface area contributed by atoms with E-state index in [0.717, 1.165) is 11.3 Å². The molecule has 0 heterocycles. The average Bonchev–Trinajstić information content (AvgIpc) is 2.74. The van der Waals surface area contributed by atoms with E-state index in [1.165, 1.54) is 5.56 Å². The first kappa shape index (κ1) is 22.1. The molecule has 0 spiro atoms. The molecule has 0 saturated carbocycles. The third-order valence-electron chi connectivity index (χ3n) is 4.90. The second-order valence-electron chi connectivity index (χ2n) is 7.88. The van der Waals surface area contributed by atoms with Crippen molar-refractivity contribution in [3.8, 4) is 5.75 Å². The summed E-state index contributed by atoms with van der Waals surface area (Å²) in [6.07, 6.45) is -0.685. The molecule has 2 amide bonds.